The SMILES string of the molecule is O=C(O)c1cc(O)cc(OC(=O)c2ccc(O)cc2O)c1. The lowest BCUT2D eigenvalue weighted by atomic mass is 10.2. The number of carboxylic acids is 1. The van der Waals surface area contributed by atoms with Crippen molar-refractivity contribution in [3.8, 4) is 23.0 Å². The van der Waals surface area contributed by atoms with Gasteiger partial charge in [0.15, 0.2) is 0 Å². The number of hydrogen-bond acceptors (Lipinski definition) is 6. The average Bonchev–Trinajstić information content (AvgIpc) is 2.37. The van der Waals surface area contributed by atoms with E-state index in [1.165, 1.54) is 6.07 Å². The molecule has 0 aliphatic carbocycles. The zero-order valence-electron chi connectivity index (χ0n) is 10.5. The van der Waals surface area contributed by atoms with Crippen LogP contribution in [0.1, 0.15) is 20.7 Å². The van der Waals surface area contributed by atoms with Crippen LogP contribution in [0.4, 0.5) is 0 Å². The van der Waals surface area contributed by atoms with Crippen LogP contribution in [0.5, 0.6) is 23.0 Å². The Labute approximate surface area is 118 Å². The molecule has 4 N–H and O–H groups in total. The summed E-state index contributed by atoms with van der Waals surface area (Å²) in [6.45, 7) is 0. The Hall–Kier alpha value is -3.22. The number of carbonyl (C=O) groups excluding carboxylic acids is 1. The van der Waals surface area contributed by atoms with Crippen molar-refractivity contribution in [3.63, 3.8) is 0 Å². The first-order chi connectivity index (χ1) is 9.86. The lowest BCUT2D eigenvalue weighted by Gasteiger charge is -2.07. The number of aromatic hydroxyl groups is 3. The maximum atomic E-state index is 11.8. The Morgan fingerprint density at radius 3 is 2.24 bits per heavy atom. The van der Waals surface area contributed by atoms with Crippen LogP contribution >= 0.6 is 0 Å². The summed E-state index contributed by atoms with van der Waals surface area (Å²) in [5, 5.41) is 36.9. The molecule has 2 aromatic carbocycles. The lowest BCUT2D eigenvalue weighted by molar-refractivity contribution is 0.0686. The number of ether oxygens (including phenoxy) is 1. The summed E-state index contributed by atoms with van der Waals surface area (Å²) < 4.78 is 4.89. The van der Waals surface area contributed by atoms with Crippen molar-refractivity contribution in [2.45, 2.75) is 0 Å². The van der Waals surface area contributed by atoms with E-state index in [0.717, 1.165) is 30.3 Å². The number of hydrogen-bond donors (Lipinski definition) is 4. The van der Waals surface area contributed by atoms with Crippen LogP contribution in [0, 0.1) is 0 Å². The fraction of sp³-hybridized carbons (Fsp3) is 0. The predicted octanol–water partition coefficient (Wildman–Crippen LogP) is 1.72. The quantitative estimate of drug-likeness (QED) is 0.501. The molecule has 0 aliphatic rings. The van der Waals surface area contributed by atoms with Gasteiger partial charge in [-0.1, -0.05) is 0 Å². The Kier molecular flexibility index (Phi) is 3.66. The maximum Gasteiger partial charge on any atom is 0.347 e. The van der Waals surface area contributed by atoms with Crippen LogP contribution in [-0.4, -0.2) is 32.4 Å². The first-order valence-corrected chi connectivity index (χ1v) is 5.68. The summed E-state index contributed by atoms with van der Waals surface area (Å²) in [5.74, 6) is -3.55. The number of benzene rings is 2. The number of rotatable bonds is 3. The van der Waals surface area contributed by atoms with Crippen molar-refractivity contribution in [2.24, 2.45) is 0 Å². The molecule has 0 saturated heterocycles. The van der Waals surface area contributed by atoms with Crippen molar-refractivity contribution in [3.05, 3.63) is 47.5 Å². The van der Waals surface area contributed by atoms with Crippen LogP contribution in [-0.2, 0) is 0 Å². The van der Waals surface area contributed by atoms with Gasteiger partial charge in [-0.2, -0.15) is 0 Å². The van der Waals surface area contributed by atoms with E-state index in [0.29, 0.717) is 0 Å². The number of phenols is 3. The van der Waals surface area contributed by atoms with E-state index < -0.39 is 17.7 Å². The molecule has 0 spiro atoms. The van der Waals surface area contributed by atoms with Gasteiger partial charge in [0, 0.05) is 12.1 Å². The van der Waals surface area contributed by atoms with E-state index >= 15 is 0 Å². The molecule has 0 heterocycles. The van der Waals surface area contributed by atoms with Gasteiger partial charge in [-0.15, -0.1) is 0 Å². The third-order valence-electron chi connectivity index (χ3n) is 2.55. The van der Waals surface area contributed by atoms with Crippen molar-refractivity contribution in [2.75, 3.05) is 0 Å². The second-order valence-corrected chi connectivity index (χ2v) is 4.11. The van der Waals surface area contributed by atoms with Crippen LogP contribution in [0.25, 0.3) is 0 Å². The smallest absolute Gasteiger partial charge is 0.347 e. The highest BCUT2D eigenvalue weighted by atomic mass is 16.5. The summed E-state index contributed by atoms with van der Waals surface area (Å²) in [6.07, 6.45) is 0. The van der Waals surface area contributed by atoms with Gasteiger partial charge in [0.1, 0.15) is 28.6 Å². The van der Waals surface area contributed by atoms with Gasteiger partial charge in [0.25, 0.3) is 0 Å². The standard InChI is InChI=1S/C14H10O7/c15-8-1-2-11(12(17)6-8)14(20)21-10-4-7(13(18)19)3-9(16)5-10/h1-6,15-17H,(H,18,19). The van der Waals surface area contributed by atoms with Crippen molar-refractivity contribution < 1.29 is 34.8 Å². The van der Waals surface area contributed by atoms with Crippen LogP contribution < -0.4 is 4.74 Å². The van der Waals surface area contributed by atoms with Crippen molar-refractivity contribution >= 4 is 11.9 Å². The minimum absolute atomic E-state index is 0.190. The van der Waals surface area contributed by atoms with E-state index in [4.69, 9.17) is 14.9 Å². The molecule has 0 radical (unpaired) electrons. The average molecular weight is 290 g/mol. The van der Waals surface area contributed by atoms with E-state index in [9.17, 15) is 19.8 Å². The Bertz CT molecular complexity index is 721. The van der Waals surface area contributed by atoms with Gasteiger partial charge in [0.2, 0.25) is 0 Å². The summed E-state index contributed by atoms with van der Waals surface area (Å²) in [4.78, 5) is 22.7. The number of aromatic carboxylic acids is 1. The molecule has 2 rings (SSSR count). The zero-order chi connectivity index (χ0) is 15.6. The molecule has 108 valence electrons. The highest BCUT2D eigenvalue weighted by Crippen LogP contribution is 2.26. The second kappa shape index (κ2) is 5.41. The van der Waals surface area contributed by atoms with E-state index in [2.05, 4.69) is 0 Å². The third kappa shape index (κ3) is 3.21. The molecular weight excluding hydrogens is 280 g/mol. The molecule has 7 heteroatoms. The largest absolute Gasteiger partial charge is 0.508 e. The van der Waals surface area contributed by atoms with Gasteiger partial charge in [-0.25, -0.2) is 9.59 Å². The fourth-order valence-electron chi connectivity index (χ4n) is 1.62. The number of carbonyl (C=O) groups is 2. The van der Waals surface area contributed by atoms with Crippen LogP contribution in [0.3, 0.4) is 0 Å². The molecular formula is C14H10O7. The Morgan fingerprint density at radius 2 is 1.62 bits per heavy atom. The highest BCUT2D eigenvalue weighted by Gasteiger charge is 2.16. The molecule has 0 fully saturated rings. The van der Waals surface area contributed by atoms with E-state index in [1.54, 1.807) is 0 Å². The zero-order valence-corrected chi connectivity index (χ0v) is 10.5. The van der Waals surface area contributed by atoms with Crippen LogP contribution in [0.2, 0.25) is 0 Å². The molecule has 0 bridgehead atoms. The molecule has 2 aromatic rings. The maximum absolute atomic E-state index is 11.8. The summed E-state index contributed by atoms with van der Waals surface area (Å²) in [6, 6.07) is 6.40. The molecule has 21 heavy (non-hydrogen) atoms. The van der Waals surface area contributed by atoms with E-state index in [1.807, 2.05) is 0 Å². The first kappa shape index (κ1) is 14.2. The normalized spacial score (nSPS) is 10.1. The predicted molar refractivity (Wildman–Crippen MR) is 69.8 cm³/mol. The van der Waals surface area contributed by atoms with Crippen LogP contribution in [0.15, 0.2) is 36.4 Å². The number of phenolic OH excluding ortho intramolecular Hbond substituents is 3. The van der Waals surface area contributed by atoms with E-state index in [-0.39, 0.29) is 28.4 Å². The van der Waals surface area contributed by atoms with Crippen molar-refractivity contribution in [1.29, 1.82) is 0 Å². The molecule has 7 nitrogen and oxygen atoms in total. The van der Waals surface area contributed by atoms with Gasteiger partial charge < -0.3 is 25.2 Å². The molecule has 0 atom stereocenters. The highest BCUT2D eigenvalue weighted by molar-refractivity contribution is 5.94. The fourth-order valence-corrected chi connectivity index (χ4v) is 1.62. The lowest BCUT2D eigenvalue weighted by Crippen LogP contribution is -2.09. The molecule has 0 aromatic heterocycles. The van der Waals surface area contributed by atoms with Gasteiger partial charge in [0.05, 0.1) is 5.56 Å². The molecule has 0 amide bonds. The van der Waals surface area contributed by atoms with Gasteiger partial charge >= 0.3 is 11.9 Å². The second-order valence-electron chi connectivity index (χ2n) is 4.11. The Balaban J connectivity index is 2.29. The summed E-state index contributed by atoms with van der Waals surface area (Å²) >= 11 is 0. The minimum Gasteiger partial charge on any atom is -0.508 e. The summed E-state index contributed by atoms with van der Waals surface area (Å²) in [5.41, 5.74) is -0.472. The molecule has 0 saturated carbocycles. The Morgan fingerprint density at radius 1 is 0.905 bits per heavy atom. The number of carboxylic acid groups (broad SMARTS) is 1. The number of esters is 1. The van der Waals surface area contributed by atoms with Crippen molar-refractivity contribution in [1.82, 2.24) is 0 Å². The monoisotopic (exact) mass is 290 g/mol. The molecule has 0 aliphatic heterocycles. The van der Waals surface area contributed by atoms with Gasteiger partial charge in [-0.05, 0) is 24.3 Å². The summed E-state index contributed by atoms with van der Waals surface area (Å²) in [7, 11) is 0. The molecule has 0 unspecified atom stereocenters. The van der Waals surface area contributed by atoms with Gasteiger partial charge in [-0.3, -0.25) is 0 Å². The topological polar surface area (TPSA) is 124 Å². The minimum atomic E-state index is -1.30. The third-order valence-corrected chi connectivity index (χ3v) is 2.55. The first-order valence-electron chi connectivity index (χ1n) is 5.68.